The highest BCUT2D eigenvalue weighted by molar-refractivity contribution is 5.94. The first-order chi connectivity index (χ1) is 23.9. The fraction of sp³-hybridized carbons (Fsp3) is 0.600. The van der Waals surface area contributed by atoms with Crippen LogP contribution in [0, 0.1) is 18.3 Å². The van der Waals surface area contributed by atoms with Gasteiger partial charge in [0.1, 0.15) is 17.7 Å². The molecule has 1 saturated heterocycles. The van der Waals surface area contributed by atoms with Crippen molar-refractivity contribution in [1.29, 1.82) is 0 Å². The lowest BCUT2D eigenvalue weighted by Crippen LogP contribution is -2.54. The molecular formula is C40H53N5O5. The molecule has 1 N–H and O–H groups in total. The first-order valence-electron chi connectivity index (χ1n) is 18.5. The number of pyridine rings is 1. The molecule has 10 nitrogen and oxygen atoms in total. The molecule has 3 aromatic rings. The third-order valence-electron chi connectivity index (χ3n) is 12.2. The molecule has 268 valence electrons. The number of aliphatic hydroxyl groups excluding tert-OH is 1. The standard InChI is InChI=1S/C40H53N5O5/c1-27-22-29(8-11-33(27)49-5)40-17-14-39(15-18-40,16-19-40)26-44(35-23-30(12-20-41-35)45-21-13-34(42-45)38(2,3)4)36(47)28-6-9-32(10-7-28)50-37(48)43-24-31(46)25-43/h8,11-13,20-23,28,31-32,46H,6-7,9-10,14-19,24-26H2,1-5H3. The normalized spacial score (nSPS) is 26.7. The number of aliphatic hydroxyl groups is 1. The molecule has 0 atom stereocenters. The molecule has 0 radical (unpaired) electrons. The summed E-state index contributed by atoms with van der Waals surface area (Å²) in [6.45, 7) is 9.89. The molecular weight excluding hydrogens is 630 g/mol. The lowest BCUT2D eigenvalue weighted by atomic mass is 9.51. The largest absolute Gasteiger partial charge is 0.496 e. The Labute approximate surface area is 296 Å². The van der Waals surface area contributed by atoms with Gasteiger partial charge in [-0.3, -0.25) is 9.69 Å². The monoisotopic (exact) mass is 683 g/mol. The number of likely N-dealkylation sites (tertiary alicyclic amines) is 1. The minimum absolute atomic E-state index is 0.0379. The minimum Gasteiger partial charge on any atom is -0.496 e. The highest BCUT2D eigenvalue weighted by Crippen LogP contribution is 2.58. The number of rotatable bonds is 8. The maximum atomic E-state index is 14.6. The molecule has 2 bridgehead atoms. The fourth-order valence-electron chi connectivity index (χ4n) is 8.78. The first kappa shape index (κ1) is 34.5. The van der Waals surface area contributed by atoms with Crippen molar-refractivity contribution in [3.05, 3.63) is 65.6 Å². The molecule has 1 aromatic carbocycles. The summed E-state index contributed by atoms with van der Waals surface area (Å²) < 4.78 is 13.2. The Morgan fingerprint density at radius 2 is 1.68 bits per heavy atom. The molecule has 50 heavy (non-hydrogen) atoms. The summed E-state index contributed by atoms with van der Waals surface area (Å²) in [5, 5.41) is 14.4. The van der Waals surface area contributed by atoms with Gasteiger partial charge in [-0.2, -0.15) is 5.10 Å². The van der Waals surface area contributed by atoms with Crippen molar-refractivity contribution in [2.75, 3.05) is 31.6 Å². The van der Waals surface area contributed by atoms with Gasteiger partial charge in [-0.1, -0.05) is 32.9 Å². The van der Waals surface area contributed by atoms with Crippen LogP contribution in [-0.2, 0) is 20.4 Å². The van der Waals surface area contributed by atoms with Crippen molar-refractivity contribution in [3.63, 3.8) is 0 Å². The number of benzene rings is 1. The van der Waals surface area contributed by atoms with Gasteiger partial charge in [0.05, 0.1) is 37.7 Å². The quantitative estimate of drug-likeness (QED) is 0.276. The molecule has 5 aliphatic rings. The molecule has 3 heterocycles. The van der Waals surface area contributed by atoms with Crippen LogP contribution < -0.4 is 9.64 Å². The summed E-state index contributed by atoms with van der Waals surface area (Å²) in [4.78, 5) is 35.5. The van der Waals surface area contributed by atoms with Crippen LogP contribution in [0.3, 0.4) is 0 Å². The molecule has 1 aliphatic heterocycles. The van der Waals surface area contributed by atoms with Crippen molar-refractivity contribution in [2.45, 2.75) is 115 Å². The number of aromatic nitrogens is 3. The molecule has 2 amide bonds. The molecule has 0 spiro atoms. The third kappa shape index (κ3) is 6.75. The summed E-state index contributed by atoms with van der Waals surface area (Å²) in [7, 11) is 1.73. The van der Waals surface area contributed by atoms with E-state index in [-0.39, 0.29) is 40.3 Å². The van der Waals surface area contributed by atoms with Gasteiger partial charge in [0.15, 0.2) is 0 Å². The highest BCUT2D eigenvalue weighted by atomic mass is 16.6. The number of methoxy groups -OCH3 is 1. The Morgan fingerprint density at radius 3 is 2.28 bits per heavy atom. The molecule has 4 saturated carbocycles. The van der Waals surface area contributed by atoms with Gasteiger partial charge in [0.25, 0.3) is 0 Å². The lowest BCUT2D eigenvalue weighted by Gasteiger charge is -2.55. The first-order valence-corrected chi connectivity index (χ1v) is 18.5. The van der Waals surface area contributed by atoms with Crippen molar-refractivity contribution in [3.8, 4) is 11.4 Å². The van der Waals surface area contributed by atoms with E-state index in [2.05, 4.69) is 52.0 Å². The summed E-state index contributed by atoms with van der Waals surface area (Å²) in [6.07, 6.45) is 11.9. The zero-order valence-electron chi connectivity index (χ0n) is 30.4. The second-order valence-corrected chi connectivity index (χ2v) is 16.6. The number of carbonyl (C=O) groups excluding carboxylic acids is 2. The van der Waals surface area contributed by atoms with Gasteiger partial charge in [-0.05, 0) is 111 Å². The van der Waals surface area contributed by atoms with E-state index in [0.717, 1.165) is 55.7 Å². The number of hydrogen-bond acceptors (Lipinski definition) is 7. The van der Waals surface area contributed by atoms with Crippen LogP contribution in [-0.4, -0.2) is 75.7 Å². The Balaban J connectivity index is 1.10. The number of aryl methyl sites for hydroxylation is 1. The van der Waals surface area contributed by atoms with Gasteiger partial charge in [0, 0.05) is 36.3 Å². The van der Waals surface area contributed by atoms with Gasteiger partial charge in [-0.15, -0.1) is 0 Å². The Hall–Kier alpha value is -3.92. The van der Waals surface area contributed by atoms with Crippen LogP contribution in [0.25, 0.3) is 5.69 Å². The minimum atomic E-state index is -0.460. The summed E-state index contributed by atoms with van der Waals surface area (Å²) in [6, 6.07) is 12.7. The third-order valence-corrected chi connectivity index (χ3v) is 12.2. The molecule has 4 aliphatic carbocycles. The highest BCUT2D eigenvalue weighted by Gasteiger charge is 2.51. The van der Waals surface area contributed by atoms with E-state index in [1.54, 1.807) is 13.3 Å². The zero-order chi connectivity index (χ0) is 35.3. The number of fused-ring (bicyclic) bond motifs is 3. The second kappa shape index (κ2) is 13.3. The van der Waals surface area contributed by atoms with Crippen LogP contribution in [0.1, 0.15) is 102 Å². The lowest BCUT2D eigenvalue weighted by molar-refractivity contribution is -0.124. The summed E-state index contributed by atoms with van der Waals surface area (Å²) in [5.41, 5.74) is 4.63. The van der Waals surface area contributed by atoms with Crippen molar-refractivity contribution < 1.29 is 24.2 Å². The van der Waals surface area contributed by atoms with Gasteiger partial charge >= 0.3 is 6.09 Å². The van der Waals surface area contributed by atoms with E-state index in [9.17, 15) is 14.7 Å². The van der Waals surface area contributed by atoms with Crippen molar-refractivity contribution in [2.24, 2.45) is 11.3 Å². The summed E-state index contributed by atoms with van der Waals surface area (Å²) >= 11 is 0. The summed E-state index contributed by atoms with van der Waals surface area (Å²) in [5.74, 6) is 1.56. The molecule has 10 heteroatoms. The smallest absolute Gasteiger partial charge is 0.410 e. The SMILES string of the molecule is COc1ccc(C23CCC(CN(C(=O)C4CCC(OC(=O)N5CC(O)C5)CC4)c4cc(-n5ccc(C(C)(C)C)n5)ccn4)(CC2)CC3)cc1C. The average molecular weight is 684 g/mol. The molecule has 5 fully saturated rings. The maximum Gasteiger partial charge on any atom is 0.410 e. The Morgan fingerprint density at radius 1 is 0.980 bits per heavy atom. The topological polar surface area (TPSA) is 110 Å². The Bertz CT molecular complexity index is 1690. The number of carbonyl (C=O) groups is 2. The number of hydrogen-bond donors (Lipinski definition) is 1. The molecule has 2 aromatic heterocycles. The van der Waals surface area contributed by atoms with Gasteiger partial charge < -0.3 is 19.5 Å². The zero-order valence-corrected chi connectivity index (χ0v) is 30.4. The number of anilines is 1. The van der Waals surface area contributed by atoms with Crippen LogP contribution >= 0.6 is 0 Å². The molecule has 0 unspecified atom stereocenters. The Kier molecular flexibility index (Phi) is 9.20. The van der Waals surface area contributed by atoms with Crippen LogP contribution in [0.5, 0.6) is 5.75 Å². The van der Waals surface area contributed by atoms with E-state index in [0.29, 0.717) is 51.1 Å². The molecule has 8 rings (SSSR count). The van der Waals surface area contributed by atoms with Crippen LogP contribution in [0.15, 0.2) is 48.8 Å². The van der Waals surface area contributed by atoms with Gasteiger partial charge in [0.2, 0.25) is 5.91 Å². The van der Waals surface area contributed by atoms with E-state index >= 15 is 0 Å². The number of β-amino-alcohol motifs (C(OH)–C–C–N with tert-alkyl or cyclic N) is 1. The van der Waals surface area contributed by atoms with Crippen LogP contribution in [0.4, 0.5) is 10.6 Å². The van der Waals surface area contributed by atoms with E-state index in [1.165, 1.54) is 16.0 Å². The van der Waals surface area contributed by atoms with Crippen LogP contribution in [0.2, 0.25) is 0 Å². The predicted octanol–water partition coefficient (Wildman–Crippen LogP) is 6.88. The number of nitrogens with zero attached hydrogens (tertiary/aromatic N) is 5. The van der Waals surface area contributed by atoms with Crippen molar-refractivity contribution >= 4 is 17.8 Å². The van der Waals surface area contributed by atoms with Gasteiger partial charge in [-0.25, -0.2) is 14.5 Å². The second-order valence-electron chi connectivity index (χ2n) is 16.6. The predicted molar refractivity (Wildman–Crippen MR) is 192 cm³/mol. The maximum absolute atomic E-state index is 14.6. The fourth-order valence-corrected chi connectivity index (χ4v) is 8.78. The van der Waals surface area contributed by atoms with E-state index in [4.69, 9.17) is 19.6 Å². The van der Waals surface area contributed by atoms with E-state index < -0.39 is 6.10 Å². The van der Waals surface area contributed by atoms with E-state index in [1.807, 2.05) is 27.9 Å². The average Bonchev–Trinajstić information content (AvgIpc) is 3.62. The number of amides is 2. The van der Waals surface area contributed by atoms with Crippen molar-refractivity contribution in [1.82, 2.24) is 19.7 Å². The number of ether oxygens (including phenoxy) is 2.